The molecule has 3 rings (SSSR count). The first-order valence-electron chi connectivity index (χ1n) is 8.36. The van der Waals surface area contributed by atoms with E-state index in [4.69, 9.17) is 27.9 Å². The zero-order chi connectivity index (χ0) is 19.9. The summed E-state index contributed by atoms with van der Waals surface area (Å²) in [6.45, 7) is -0.308. The summed E-state index contributed by atoms with van der Waals surface area (Å²) in [6.07, 6.45) is 0. The van der Waals surface area contributed by atoms with Crippen molar-refractivity contribution in [1.29, 1.82) is 0 Å². The highest BCUT2D eigenvalue weighted by Crippen LogP contribution is 2.29. The summed E-state index contributed by atoms with van der Waals surface area (Å²) >= 11 is 12.1. The molecular formula is C21H16Cl2N2O3. The third-order valence-corrected chi connectivity index (χ3v) is 4.38. The molecule has 0 aliphatic rings. The van der Waals surface area contributed by atoms with Crippen LogP contribution in [0, 0.1) is 0 Å². The largest absolute Gasteiger partial charge is 0.483 e. The Morgan fingerprint density at radius 2 is 1.43 bits per heavy atom. The number of halogens is 2. The van der Waals surface area contributed by atoms with Crippen LogP contribution in [0.25, 0.3) is 0 Å². The molecule has 0 saturated carbocycles. The molecule has 0 unspecified atom stereocenters. The quantitative estimate of drug-likeness (QED) is 0.577. The second kappa shape index (κ2) is 9.26. The van der Waals surface area contributed by atoms with Crippen LogP contribution in [0.1, 0.15) is 10.4 Å². The van der Waals surface area contributed by atoms with Crippen LogP contribution in [0.15, 0.2) is 72.8 Å². The van der Waals surface area contributed by atoms with Crippen molar-refractivity contribution in [2.45, 2.75) is 0 Å². The number of hydrogen-bond donors (Lipinski definition) is 2. The van der Waals surface area contributed by atoms with Gasteiger partial charge in [-0.3, -0.25) is 9.59 Å². The molecule has 0 aliphatic heterocycles. The average molecular weight is 415 g/mol. The van der Waals surface area contributed by atoms with Gasteiger partial charge in [-0.15, -0.1) is 0 Å². The summed E-state index contributed by atoms with van der Waals surface area (Å²) in [7, 11) is 0. The predicted octanol–water partition coefficient (Wildman–Crippen LogP) is 5.26. The van der Waals surface area contributed by atoms with Crippen molar-refractivity contribution < 1.29 is 14.3 Å². The fourth-order valence-electron chi connectivity index (χ4n) is 2.44. The lowest BCUT2D eigenvalue weighted by molar-refractivity contribution is -0.118. The minimum atomic E-state index is -0.451. The molecule has 0 heterocycles. The Balaban J connectivity index is 1.66. The Morgan fingerprint density at radius 1 is 0.786 bits per heavy atom. The summed E-state index contributed by atoms with van der Waals surface area (Å²) in [5, 5.41) is 6.04. The van der Waals surface area contributed by atoms with E-state index in [9.17, 15) is 9.59 Å². The Bertz CT molecular complexity index is 974. The number of amides is 2. The van der Waals surface area contributed by atoms with Gasteiger partial charge in [0.25, 0.3) is 11.8 Å². The van der Waals surface area contributed by atoms with Crippen molar-refractivity contribution in [2.24, 2.45) is 0 Å². The van der Waals surface area contributed by atoms with E-state index in [1.807, 2.05) is 18.2 Å². The Kier molecular flexibility index (Phi) is 6.53. The molecule has 142 valence electrons. The highest BCUT2D eigenvalue weighted by atomic mass is 35.5. The molecule has 0 radical (unpaired) electrons. The topological polar surface area (TPSA) is 67.4 Å². The molecule has 3 aromatic rings. The van der Waals surface area contributed by atoms with Crippen LogP contribution in [0.3, 0.4) is 0 Å². The maximum Gasteiger partial charge on any atom is 0.262 e. The van der Waals surface area contributed by atoms with E-state index in [1.54, 1.807) is 54.6 Å². The van der Waals surface area contributed by atoms with E-state index in [0.29, 0.717) is 27.0 Å². The number of hydrogen-bond acceptors (Lipinski definition) is 3. The molecule has 0 aromatic heterocycles. The van der Waals surface area contributed by atoms with Gasteiger partial charge < -0.3 is 15.4 Å². The van der Waals surface area contributed by atoms with Crippen LogP contribution in [-0.2, 0) is 4.79 Å². The SMILES string of the molecule is O=C(COc1ccccc1C(=O)Nc1ccccc1)Nc1c(Cl)cccc1Cl. The lowest BCUT2D eigenvalue weighted by Crippen LogP contribution is -2.22. The van der Waals surface area contributed by atoms with Crippen molar-refractivity contribution in [3.63, 3.8) is 0 Å². The number of rotatable bonds is 6. The zero-order valence-corrected chi connectivity index (χ0v) is 16.1. The predicted molar refractivity (Wildman–Crippen MR) is 111 cm³/mol. The number of carbonyl (C=O) groups is 2. The second-order valence-electron chi connectivity index (χ2n) is 5.75. The van der Waals surface area contributed by atoms with Crippen LogP contribution < -0.4 is 15.4 Å². The van der Waals surface area contributed by atoms with Gasteiger partial charge in [-0.05, 0) is 36.4 Å². The number of nitrogens with one attached hydrogen (secondary N) is 2. The Morgan fingerprint density at radius 3 is 2.14 bits per heavy atom. The number of anilines is 2. The summed E-state index contributed by atoms with van der Waals surface area (Å²) in [4.78, 5) is 24.7. The molecule has 7 heteroatoms. The van der Waals surface area contributed by atoms with Gasteiger partial charge in [-0.2, -0.15) is 0 Å². The molecular weight excluding hydrogens is 399 g/mol. The van der Waals surface area contributed by atoms with Gasteiger partial charge in [-0.1, -0.05) is 59.6 Å². The van der Waals surface area contributed by atoms with Gasteiger partial charge in [0.15, 0.2) is 6.61 Å². The number of carbonyl (C=O) groups excluding carboxylic acids is 2. The zero-order valence-electron chi connectivity index (χ0n) is 14.6. The van der Waals surface area contributed by atoms with E-state index in [-0.39, 0.29) is 18.3 Å². The molecule has 0 aliphatic carbocycles. The standard InChI is InChI=1S/C21H16Cl2N2O3/c22-16-10-6-11-17(23)20(16)25-19(26)13-28-18-12-5-4-9-15(18)21(27)24-14-7-2-1-3-8-14/h1-12H,13H2,(H,24,27)(H,25,26). The maximum atomic E-state index is 12.5. The number of para-hydroxylation sites is 3. The number of benzene rings is 3. The molecule has 0 spiro atoms. The van der Waals surface area contributed by atoms with Crippen LogP contribution >= 0.6 is 23.2 Å². The summed E-state index contributed by atoms with van der Waals surface area (Å²) in [6, 6.07) is 20.7. The normalized spacial score (nSPS) is 10.2. The number of ether oxygens (including phenoxy) is 1. The van der Waals surface area contributed by atoms with E-state index in [0.717, 1.165) is 0 Å². The van der Waals surface area contributed by atoms with Crippen molar-refractivity contribution in [3.8, 4) is 5.75 Å². The van der Waals surface area contributed by atoms with Crippen molar-refractivity contribution in [2.75, 3.05) is 17.2 Å². The lowest BCUT2D eigenvalue weighted by Gasteiger charge is -2.13. The summed E-state index contributed by atoms with van der Waals surface area (Å²) in [5.41, 5.74) is 1.29. The molecule has 28 heavy (non-hydrogen) atoms. The molecule has 2 N–H and O–H groups in total. The van der Waals surface area contributed by atoms with Gasteiger partial charge in [0.05, 0.1) is 21.3 Å². The first-order valence-corrected chi connectivity index (χ1v) is 9.12. The smallest absolute Gasteiger partial charge is 0.262 e. The maximum absolute atomic E-state index is 12.5. The minimum absolute atomic E-state index is 0.288. The molecule has 2 amide bonds. The first kappa shape index (κ1) is 19.7. The highest BCUT2D eigenvalue weighted by molar-refractivity contribution is 6.39. The van der Waals surface area contributed by atoms with Crippen LogP contribution in [0.5, 0.6) is 5.75 Å². The average Bonchev–Trinajstić information content (AvgIpc) is 2.70. The van der Waals surface area contributed by atoms with Crippen molar-refractivity contribution in [1.82, 2.24) is 0 Å². The third-order valence-electron chi connectivity index (χ3n) is 3.75. The fourth-order valence-corrected chi connectivity index (χ4v) is 2.93. The molecule has 0 fully saturated rings. The Labute approximate surface area is 172 Å². The second-order valence-corrected chi connectivity index (χ2v) is 6.56. The van der Waals surface area contributed by atoms with Gasteiger partial charge in [-0.25, -0.2) is 0 Å². The van der Waals surface area contributed by atoms with E-state index >= 15 is 0 Å². The van der Waals surface area contributed by atoms with Crippen LogP contribution in [0.2, 0.25) is 10.0 Å². The van der Waals surface area contributed by atoms with E-state index in [1.165, 1.54) is 0 Å². The molecule has 0 bridgehead atoms. The fraction of sp³-hybridized carbons (Fsp3) is 0.0476. The van der Waals surface area contributed by atoms with E-state index < -0.39 is 5.91 Å². The van der Waals surface area contributed by atoms with Gasteiger partial charge in [0.1, 0.15) is 5.75 Å². The van der Waals surface area contributed by atoms with Crippen LogP contribution in [-0.4, -0.2) is 18.4 Å². The Hall–Kier alpha value is -3.02. The van der Waals surface area contributed by atoms with Gasteiger partial charge >= 0.3 is 0 Å². The highest BCUT2D eigenvalue weighted by Gasteiger charge is 2.15. The summed E-state index contributed by atoms with van der Waals surface area (Å²) < 4.78 is 5.55. The van der Waals surface area contributed by atoms with Crippen molar-refractivity contribution in [3.05, 3.63) is 88.4 Å². The third kappa shape index (κ3) is 5.03. The van der Waals surface area contributed by atoms with Gasteiger partial charge in [0, 0.05) is 5.69 Å². The monoisotopic (exact) mass is 414 g/mol. The summed E-state index contributed by atoms with van der Waals surface area (Å²) in [5.74, 6) is -0.499. The molecule has 0 saturated heterocycles. The minimum Gasteiger partial charge on any atom is -0.483 e. The molecule has 3 aromatic carbocycles. The van der Waals surface area contributed by atoms with Crippen molar-refractivity contribution >= 4 is 46.4 Å². The molecule has 5 nitrogen and oxygen atoms in total. The lowest BCUT2D eigenvalue weighted by atomic mass is 10.2. The first-order chi connectivity index (χ1) is 13.5. The molecule has 0 atom stereocenters. The van der Waals surface area contributed by atoms with Crippen LogP contribution in [0.4, 0.5) is 11.4 Å². The van der Waals surface area contributed by atoms with Gasteiger partial charge in [0.2, 0.25) is 0 Å². The van der Waals surface area contributed by atoms with E-state index in [2.05, 4.69) is 10.6 Å².